The molecule has 0 saturated carbocycles. The van der Waals surface area contributed by atoms with E-state index in [1.54, 1.807) is 6.33 Å². The number of nitrogens with zero attached hydrogens (tertiary/aromatic N) is 2. The standard InChI is InChI=1S/C8H9N3/c1-9-7-2-3-11-6-10-5-8(11)4-7/h2-6,9H,1H3. The number of hydrogen-bond donors (Lipinski definition) is 1. The zero-order chi connectivity index (χ0) is 7.68. The van der Waals surface area contributed by atoms with Crippen LogP contribution in [0, 0.1) is 0 Å². The molecule has 0 aliphatic carbocycles. The van der Waals surface area contributed by atoms with E-state index in [-0.39, 0.29) is 0 Å². The fraction of sp³-hybridized carbons (Fsp3) is 0.125. The average Bonchev–Trinajstić information content (AvgIpc) is 2.50. The molecule has 2 aromatic heterocycles. The highest BCUT2D eigenvalue weighted by Gasteiger charge is 1.92. The topological polar surface area (TPSA) is 29.3 Å². The molecular formula is C8H9N3. The van der Waals surface area contributed by atoms with Gasteiger partial charge in [0, 0.05) is 18.9 Å². The summed E-state index contributed by atoms with van der Waals surface area (Å²) in [5.74, 6) is 0. The summed E-state index contributed by atoms with van der Waals surface area (Å²) in [6.07, 6.45) is 5.60. The Balaban J connectivity index is 2.67. The lowest BCUT2D eigenvalue weighted by Crippen LogP contribution is -1.88. The molecule has 0 amide bonds. The van der Waals surface area contributed by atoms with E-state index in [0.717, 1.165) is 11.2 Å². The second-order valence-electron chi connectivity index (χ2n) is 2.39. The molecule has 2 rings (SSSR count). The second kappa shape index (κ2) is 2.27. The normalized spacial score (nSPS) is 10.3. The average molecular weight is 147 g/mol. The van der Waals surface area contributed by atoms with E-state index in [0.29, 0.717) is 0 Å². The van der Waals surface area contributed by atoms with Crippen molar-refractivity contribution in [1.29, 1.82) is 0 Å². The molecule has 56 valence electrons. The molecule has 3 nitrogen and oxygen atoms in total. The number of fused-ring (bicyclic) bond motifs is 1. The van der Waals surface area contributed by atoms with E-state index in [4.69, 9.17) is 0 Å². The third kappa shape index (κ3) is 0.941. The predicted molar refractivity (Wildman–Crippen MR) is 44.7 cm³/mol. The quantitative estimate of drug-likeness (QED) is 0.660. The molecule has 0 saturated heterocycles. The molecule has 3 heteroatoms. The van der Waals surface area contributed by atoms with Gasteiger partial charge in [-0.1, -0.05) is 0 Å². The highest BCUT2D eigenvalue weighted by Crippen LogP contribution is 2.09. The third-order valence-corrected chi connectivity index (χ3v) is 1.70. The number of anilines is 1. The summed E-state index contributed by atoms with van der Waals surface area (Å²) >= 11 is 0. The zero-order valence-corrected chi connectivity index (χ0v) is 6.28. The second-order valence-corrected chi connectivity index (χ2v) is 2.39. The molecule has 0 unspecified atom stereocenters. The van der Waals surface area contributed by atoms with Gasteiger partial charge in [-0.3, -0.25) is 0 Å². The molecule has 0 spiro atoms. The lowest BCUT2D eigenvalue weighted by molar-refractivity contribution is 1.15. The maximum Gasteiger partial charge on any atom is 0.0992 e. The number of nitrogens with one attached hydrogen (secondary N) is 1. The van der Waals surface area contributed by atoms with Crippen LogP contribution in [0.5, 0.6) is 0 Å². The van der Waals surface area contributed by atoms with Crippen LogP contribution in [0.3, 0.4) is 0 Å². The van der Waals surface area contributed by atoms with E-state index in [2.05, 4.69) is 10.3 Å². The summed E-state index contributed by atoms with van der Waals surface area (Å²) in [5.41, 5.74) is 2.22. The van der Waals surface area contributed by atoms with Crippen LogP contribution >= 0.6 is 0 Å². The molecule has 0 aliphatic heterocycles. The summed E-state index contributed by atoms with van der Waals surface area (Å²) in [7, 11) is 1.90. The molecule has 11 heavy (non-hydrogen) atoms. The molecule has 2 heterocycles. The van der Waals surface area contributed by atoms with Gasteiger partial charge in [-0.05, 0) is 12.1 Å². The Morgan fingerprint density at radius 2 is 2.45 bits per heavy atom. The van der Waals surface area contributed by atoms with Crippen LogP contribution in [0.1, 0.15) is 0 Å². The molecule has 2 aromatic rings. The first-order chi connectivity index (χ1) is 5.40. The van der Waals surface area contributed by atoms with Crippen molar-refractivity contribution in [2.45, 2.75) is 0 Å². The van der Waals surface area contributed by atoms with Crippen LogP contribution in [-0.2, 0) is 0 Å². The van der Waals surface area contributed by atoms with Gasteiger partial charge >= 0.3 is 0 Å². The molecule has 0 bridgehead atoms. The minimum absolute atomic E-state index is 1.11. The van der Waals surface area contributed by atoms with Gasteiger partial charge in [-0.2, -0.15) is 0 Å². The predicted octanol–water partition coefficient (Wildman–Crippen LogP) is 1.38. The lowest BCUT2D eigenvalue weighted by Gasteiger charge is -1.98. The van der Waals surface area contributed by atoms with E-state index >= 15 is 0 Å². The van der Waals surface area contributed by atoms with Gasteiger partial charge in [0.05, 0.1) is 18.0 Å². The van der Waals surface area contributed by atoms with Gasteiger partial charge in [0.25, 0.3) is 0 Å². The van der Waals surface area contributed by atoms with Gasteiger partial charge in [0.1, 0.15) is 0 Å². The van der Waals surface area contributed by atoms with Crippen molar-refractivity contribution in [3.63, 3.8) is 0 Å². The summed E-state index contributed by atoms with van der Waals surface area (Å²) in [6.45, 7) is 0. The van der Waals surface area contributed by atoms with Crippen molar-refractivity contribution in [3.05, 3.63) is 30.9 Å². The van der Waals surface area contributed by atoms with E-state index in [1.165, 1.54) is 0 Å². The summed E-state index contributed by atoms with van der Waals surface area (Å²) < 4.78 is 1.97. The molecule has 0 radical (unpaired) electrons. The monoisotopic (exact) mass is 147 g/mol. The smallest absolute Gasteiger partial charge is 0.0992 e. The molecule has 0 fully saturated rings. The SMILES string of the molecule is CNc1ccn2cncc2c1. The van der Waals surface area contributed by atoms with Crippen LogP contribution in [-0.4, -0.2) is 16.4 Å². The first-order valence-corrected chi connectivity index (χ1v) is 3.49. The Morgan fingerprint density at radius 1 is 1.55 bits per heavy atom. The van der Waals surface area contributed by atoms with Gasteiger partial charge in [-0.25, -0.2) is 4.98 Å². The van der Waals surface area contributed by atoms with Crippen molar-refractivity contribution >= 4 is 11.2 Å². The Hall–Kier alpha value is -1.51. The van der Waals surface area contributed by atoms with Crippen molar-refractivity contribution in [1.82, 2.24) is 9.38 Å². The van der Waals surface area contributed by atoms with E-state index < -0.39 is 0 Å². The fourth-order valence-electron chi connectivity index (χ4n) is 1.07. The summed E-state index contributed by atoms with van der Waals surface area (Å²) in [4.78, 5) is 4.01. The highest BCUT2D eigenvalue weighted by molar-refractivity contribution is 5.56. The molecular weight excluding hydrogens is 138 g/mol. The number of rotatable bonds is 1. The van der Waals surface area contributed by atoms with Crippen molar-refractivity contribution in [2.24, 2.45) is 0 Å². The third-order valence-electron chi connectivity index (χ3n) is 1.70. The van der Waals surface area contributed by atoms with Crippen molar-refractivity contribution in [2.75, 3.05) is 12.4 Å². The Morgan fingerprint density at radius 3 is 3.27 bits per heavy atom. The maximum absolute atomic E-state index is 4.01. The summed E-state index contributed by atoms with van der Waals surface area (Å²) in [6, 6.07) is 4.06. The maximum atomic E-state index is 4.01. The first kappa shape index (κ1) is 6.22. The van der Waals surface area contributed by atoms with E-state index in [9.17, 15) is 0 Å². The van der Waals surface area contributed by atoms with Crippen molar-refractivity contribution in [3.8, 4) is 0 Å². The minimum atomic E-state index is 1.11. The van der Waals surface area contributed by atoms with Gasteiger partial charge in [0.15, 0.2) is 0 Å². The van der Waals surface area contributed by atoms with Crippen molar-refractivity contribution < 1.29 is 0 Å². The van der Waals surface area contributed by atoms with Crippen LogP contribution < -0.4 is 5.32 Å². The largest absolute Gasteiger partial charge is 0.388 e. The summed E-state index contributed by atoms with van der Waals surface area (Å²) in [5, 5.41) is 3.07. The zero-order valence-electron chi connectivity index (χ0n) is 6.28. The van der Waals surface area contributed by atoms with Crippen LogP contribution in [0.2, 0.25) is 0 Å². The van der Waals surface area contributed by atoms with Gasteiger partial charge < -0.3 is 9.72 Å². The Labute approximate surface area is 64.7 Å². The van der Waals surface area contributed by atoms with Crippen LogP contribution in [0.25, 0.3) is 5.52 Å². The van der Waals surface area contributed by atoms with Gasteiger partial charge in [0.2, 0.25) is 0 Å². The number of imidazole rings is 1. The fourth-order valence-corrected chi connectivity index (χ4v) is 1.07. The molecule has 0 aromatic carbocycles. The Kier molecular flexibility index (Phi) is 1.28. The minimum Gasteiger partial charge on any atom is -0.388 e. The highest BCUT2D eigenvalue weighted by atomic mass is 15.0. The lowest BCUT2D eigenvalue weighted by atomic mass is 10.3. The van der Waals surface area contributed by atoms with Gasteiger partial charge in [-0.15, -0.1) is 0 Å². The Bertz CT molecular complexity index is 364. The van der Waals surface area contributed by atoms with Crippen LogP contribution in [0.4, 0.5) is 5.69 Å². The molecule has 1 N–H and O–H groups in total. The number of hydrogen-bond acceptors (Lipinski definition) is 2. The van der Waals surface area contributed by atoms with Crippen LogP contribution in [0.15, 0.2) is 30.9 Å². The molecule has 0 aliphatic rings. The first-order valence-electron chi connectivity index (χ1n) is 3.49. The number of pyridine rings is 1. The van der Waals surface area contributed by atoms with E-state index in [1.807, 2.05) is 36.0 Å². The number of aromatic nitrogens is 2. The molecule has 0 atom stereocenters.